The molecule has 1 unspecified atom stereocenters. The predicted octanol–water partition coefficient (Wildman–Crippen LogP) is 1.00. The van der Waals surface area contributed by atoms with Crippen LogP contribution in [0.1, 0.15) is 17.4 Å². The van der Waals surface area contributed by atoms with E-state index in [0.29, 0.717) is 6.42 Å². The van der Waals surface area contributed by atoms with Crippen molar-refractivity contribution in [2.75, 3.05) is 7.11 Å². The van der Waals surface area contributed by atoms with Crippen molar-refractivity contribution in [3.8, 4) is 0 Å². The number of rotatable bonds is 1. The van der Waals surface area contributed by atoms with Gasteiger partial charge in [-0.1, -0.05) is 24.3 Å². The predicted molar refractivity (Wildman–Crippen MR) is 48.0 cm³/mol. The maximum Gasteiger partial charge on any atom is 0.226 e. The lowest BCUT2D eigenvalue weighted by atomic mass is 9.99. The van der Waals surface area contributed by atoms with Crippen molar-refractivity contribution < 1.29 is 9.53 Å². The fourth-order valence-electron chi connectivity index (χ4n) is 1.58. The highest BCUT2D eigenvalue weighted by Gasteiger charge is 2.22. The topological polar surface area (TPSA) is 38.3 Å². The molecule has 1 N–H and O–H groups in total. The van der Waals surface area contributed by atoms with Crippen molar-refractivity contribution in [3.05, 3.63) is 35.4 Å². The Bertz CT molecular complexity index is 335. The van der Waals surface area contributed by atoms with E-state index in [-0.39, 0.29) is 12.1 Å². The Labute approximate surface area is 76.7 Å². The zero-order valence-electron chi connectivity index (χ0n) is 7.41. The molecule has 3 heteroatoms. The van der Waals surface area contributed by atoms with Crippen LogP contribution in [0.4, 0.5) is 0 Å². The molecular formula is C10H11NO2. The van der Waals surface area contributed by atoms with Gasteiger partial charge in [0.2, 0.25) is 5.91 Å². The van der Waals surface area contributed by atoms with E-state index in [1.54, 1.807) is 7.11 Å². The minimum atomic E-state index is -0.280. The third kappa shape index (κ3) is 1.42. The molecule has 1 amide bonds. The second-order valence-electron chi connectivity index (χ2n) is 3.06. The Balaban J connectivity index is 2.42. The summed E-state index contributed by atoms with van der Waals surface area (Å²) in [5, 5.41) is 2.76. The van der Waals surface area contributed by atoms with E-state index in [0.717, 1.165) is 11.1 Å². The molecule has 0 saturated carbocycles. The molecular weight excluding hydrogens is 166 g/mol. The summed E-state index contributed by atoms with van der Waals surface area (Å²) in [5.41, 5.74) is 2.11. The fourth-order valence-corrected chi connectivity index (χ4v) is 1.58. The van der Waals surface area contributed by atoms with Crippen molar-refractivity contribution in [2.24, 2.45) is 0 Å². The molecule has 0 saturated heterocycles. The molecule has 1 aliphatic rings. The molecule has 13 heavy (non-hydrogen) atoms. The van der Waals surface area contributed by atoms with Gasteiger partial charge in [0.25, 0.3) is 0 Å². The monoisotopic (exact) mass is 177 g/mol. The zero-order valence-corrected chi connectivity index (χ0v) is 7.41. The first-order valence-electron chi connectivity index (χ1n) is 4.21. The molecule has 1 aliphatic heterocycles. The van der Waals surface area contributed by atoms with Gasteiger partial charge in [-0.15, -0.1) is 0 Å². The largest absolute Gasteiger partial charge is 0.357 e. The van der Waals surface area contributed by atoms with Crippen LogP contribution < -0.4 is 5.32 Å². The van der Waals surface area contributed by atoms with Crippen LogP contribution in [0.25, 0.3) is 0 Å². The summed E-state index contributed by atoms with van der Waals surface area (Å²) >= 11 is 0. The third-order valence-corrected chi connectivity index (χ3v) is 2.22. The van der Waals surface area contributed by atoms with Crippen LogP contribution in [-0.4, -0.2) is 13.0 Å². The molecule has 0 spiro atoms. The van der Waals surface area contributed by atoms with Gasteiger partial charge in [-0.05, 0) is 5.56 Å². The summed E-state index contributed by atoms with van der Waals surface area (Å²) in [6.07, 6.45) is 0.174. The highest BCUT2D eigenvalue weighted by atomic mass is 16.5. The molecule has 68 valence electrons. The maximum absolute atomic E-state index is 11.2. The molecule has 3 nitrogen and oxygen atoms in total. The van der Waals surface area contributed by atoms with Gasteiger partial charge in [0.05, 0.1) is 6.42 Å². The van der Waals surface area contributed by atoms with E-state index >= 15 is 0 Å². The van der Waals surface area contributed by atoms with Gasteiger partial charge in [0, 0.05) is 12.7 Å². The molecule has 2 rings (SSSR count). The Morgan fingerprint density at radius 2 is 2.23 bits per heavy atom. The van der Waals surface area contributed by atoms with E-state index in [4.69, 9.17) is 4.74 Å². The molecule has 1 heterocycles. The number of benzene rings is 1. The Kier molecular flexibility index (Phi) is 2.02. The normalized spacial score (nSPS) is 20.7. The average Bonchev–Trinajstić information content (AvgIpc) is 2.16. The third-order valence-electron chi connectivity index (χ3n) is 2.22. The maximum atomic E-state index is 11.2. The van der Waals surface area contributed by atoms with E-state index in [9.17, 15) is 4.79 Å². The van der Waals surface area contributed by atoms with Gasteiger partial charge in [-0.3, -0.25) is 4.79 Å². The lowest BCUT2D eigenvalue weighted by molar-refractivity contribution is -0.125. The lowest BCUT2D eigenvalue weighted by Gasteiger charge is -2.24. The number of carbonyl (C=O) groups is 1. The van der Waals surface area contributed by atoms with Crippen molar-refractivity contribution in [1.29, 1.82) is 0 Å². The number of nitrogens with one attached hydrogen (secondary N) is 1. The van der Waals surface area contributed by atoms with Crippen LogP contribution in [0.2, 0.25) is 0 Å². The molecule has 1 aromatic rings. The van der Waals surface area contributed by atoms with Crippen LogP contribution in [0.5, 0.6) is 0 Å². The Hall–Kier alpha value is -1.35. The Morgan fingerprint density at radius 1 is 1.46 bits per heavy atom. The standard InChI is InChI=1S/C10H11NO2/c1-13-10-8-5-3-2-4-7(8)6-9(12)11-10/h2-5,10H,6H2,1H3,(H,11,12). The zero-order chi connectivity index (χ0) is 9.26. The van der Waals surface area contributed by atoms with Crippen molar-refractivity contribution in [3.63, 3.8) is 0 Å². The molecule has 0 fully saturated rings. The molecule has 0 aliphatic carbocycles. The minimum Gasteiger partial charge on any atom is -0.357 e. The van der Waals surface area contributed by atoms with Gasteiger partial charge >= 0.3 is 0 Å². The summed E-state index contributed by atoms with van der Waals surface area (Å²) in [6, 6.07) is 7.81. The number of ether oxygens (including phenoxy) is 1. The summed E-state index contributed by atoms with van der Waals surface area (Å²) in [5.74, 6) is 0.0190. The molecule has 0 aromatic heterocycles. The Morgan fingerprint density at radius 3 is 3.00 bits per heavy atom. The number of methoxy groups -OCH3 is 1. The second kappa shape index (κ2) is 3.18. The smallest absolute Gasteiger partial charge is 0.226 e. The number of amides is 1. The molecule has 0 radical (unpaired) electrons. The van der Waals surface area contributed by atoms with Crippen LogP contribution in [0, 0.1) is 0 Å². The van der Waals surface area contributed by atoms with Crippen molar-refractivity contribution in [1.82, 2.24) is 5.32 Å². The van der Waals surface area contributed by atoms with Crippen molar-refractivity contribution >= 4 is 5.91 Å². The van der Waals surface area contributed by atoms with Gasteiger partial charge < -0.3 is 10.1 Å². The summed E-state index contributed by atoms with van der Waals surface area (Å²) in [6.45, 7) is 0. The van der Waals surface area contributed by atoms with Crippen LogP contribution >= 0.6 is 0 Å². The highest BCUT2D eigenvalue weighted by Crippen LogP contribution is 2.22. The van der Waals surface area contributed by atoms with E-state index in [2.05, 4.69) is 5.32 Å². The van der Waals surface area contributed by atoms with Crippen molar-refractivity contribution in [2.45, 2.75) is 12.6 Å². The van der Waals surface area contributed by atoms with Gasteiger partial charge in [-0.2, -0.15) is 0 Å². The van der Waals surface area contributed by atoms with E-state index < -0.39 is 0 Å². The number of fused-ring (bicyclic) bond motifs is 1. The fraction of sp³-hybridized carbons (Fsp3) is 0.300. The SMILES string of the molecule is COC1NC(=O)Cc2ccccc21. The summed E-state index contributed by atoms with van der Waals surface area (Å²) in [7, 11) is 1.59. The quantitative estimate of drug-likeness (QED) is 0.695. The second-order valence-corrected chi connectivity index (χ2v) is 3.06. The highest BCUT2D eigenvalue weighted by molar-refractivity contribution is 5.81. The summed E-state index contributed by atoms with van der Waals surface area (Å²) < 4.78 is 5.16. The summed E-state index contributed by atoms with van der Waals surface area (Å²) in [4.78, 5) is 11.2. The van der Waals surface area contributed by atoms with Gasteiger partial charge in [0.15, 0.2) is 6.23 Å². The first-order chi connectivity index (χ1) is 6.31. The minimum absolute atomic E-state index is 0.0190. The van der Waals surface area contributed by atoms with Crippen LogP contribution in [-0.2, 0) is 16.0 Å². The first kappa shape index (κ1) is 8.26. The molecule has 0 bridgehead atoms. The number of hydrogen-bond acceptors (Lipinski definition) is 2. The van der Waals surface area contributed by atoms with Crippen LogP contribution in [0.15, 0.2) is 24.3 Å². The number of carbonyl (C=O) groups excluding carboxylic acids is 1. The first-order valence-corrected chi connectivity index (χ1v) is 4.21. The number of hydrogen-bond donors (Lipinski definition) is 1. The van der Waals surface area contributed by atoms with Crippen LogP contribution in [0.3, 0.4) is 0 Å². The molecule has 1 atom stereocenters. The average molecular weight is 177 g/mol. The van der Waals surface area contributed by atoms with E-state index in [1.165, 1.54) is 0 Å². The van der Waals surface area contributed by atoms with Gasteiger partial charge in [0.1, 0.15) is 0 Å². The van der Waals surface area contributed by atoms with E-state index in [1.807, 2.05) is 24.3 Å². The lowest BCUT2D eigenvalue weighted by Crippen LogP contribution is -2.36. The van der Waals surface area contributed by atoms with Gasteiger partial charge in [-0.25, -0.2) is 0 Å². The molecule has 1 aromatic carbocycles.